The Balaban J connectivity index is 1.65. The molecule has 0 amide bonds. The van der Waals surface area contributed by atoms with Crippen molar-refractivity contribution in [1.29, 1.82) is 0 Å². The molecule has 8 nitrogen and oxygen atoms in total. The standard InChI is InChI=1S/C27H19ClF3N5O3/c1-16(37)39-15-22-19(4-7-23(33-22)27(29,30)31)14-36-26(38)35-13-10-21(17-2-5-20(28)6-3-17)24(25(35)34-36)18-8-11-32-12-9-18/h2-13H,14-15H2,1H3. The normalized spacial score (nSPS) is 11.6. The lowest BCUT2D eigenvalue weighted by Gasteiger charge is -2.12. The van der Waals surface area contributed by atoms with E-state index in [1.165, 1.54) is 10.5 Å². The quantitative estimate of drug-likeness (QED) is 0.261. The average Bonchev–Trinajstić information content (AvgIpc) is 3.22. The van der Waals surface area contributed by atoms with Crippen LogP contribution in [-0.4, -0.2) is 30.1 Å². The lowest BCUT2D eigenvalue weighted by molar-refractivity contribution is -0.142. The highest BCUT2D eigenvalue weighted by atomic mass is 35.5. The van der Waals surface area contributed by atoms with Gasteiger partial charge in [-0.05, 0) is 58.7 Å². The number of rotatable bonds is 6. The van der Waals surface area contributed by atoms with Gasteiger partial charge in [0.25, 0.3) is 0 Å². The highest BCUT2D eigenvalue weighted by molar-refractivity contribution is 6.30. The van der Waals surface area contributed by atoms with Crippen LogP contribution in [0, 0.1) is 0 Å². The second-order valence-electron chi connectivity index (χ2n) is 8.56. The summed E-state index contributed by atoms with van der Waals surface area (Å²) >= 11 is 6.07. The molecule has 4 heterocycles. The summed E-state index contributed by atoms with van der Waals surface area (Å²) in [6.45, 7) is 0.451. The molecule has 0 N–H and O–H groups in total. The average molecular weight is 554 g/mol. The summed E-state index contributed by atoms with van der Waals surface area (Å²) in [6, 6.07) is 14.6. The topological polar surface area (TPSA) is 91.4 Å². The van der Waals surface area contributed by atoms with E-state index in [-0.39, 0.29) is 17.8 Å². The predicted molar refractivity (Wildman–Crippen MR) is 137 cm³/mol. The summed E-state index contributed by atoms with van der Waals surface area (Å²) in [4.78, 5) is 32.4. The Kier molecular flexibility index (Phi) is 6.92. The van der Waals surface area contributed by atoms with E-state index in [2.05, 4.69) is 15.1 Å². The van der Waals surface area contributed by atoms with Crippen LogP contribution in [0.25, 0.3) is 27.9 Å². The van der Waals surface area contributed by atoms with Crippen LogP contribution in [0.3, 0.4) is 0 Å². The van der Waals surface area contributed by atoms with E-state index in [1.807, 2.05) is 12.1 Å². The minimum absolute atomic E-state index is 0.125. The molecule has 12 heteroatoms. The number of esters is 1. The number of pyridine rings is 3. The smallest absolute Gasteiger partial charge is 0.433 e. The Morgan fingerprint density at radius 2 is 1.72 bits per heavy atom. The van der Waals surface area contributed by atoms with E-state index >= 15 is 0 Å². The van der Waals surface area contributed by atoms with Gasteiger partial charge < -0.3 is 4.74 Å². The third-order valence-corrected chi connectivity index (χ3v) is 6.22. The van der Waals surface area contributed by atoms with Crippen molar-refractivity contribution in [2.75, 3.05) is 0 Å². The molecule has 0 spiro atoms. The zero-order valence-corrected chi connectivity index (χ0v) is 21.1. The Morgan fingerprint density at radius 3 is 2.38 bits per heavy atom. The summed E-state index contributed by atoms with van der Waals surface area (Å²) in [7, 11) is 0. The lowest BCUT2D eigenvalue weighted by atomic mass is 9.96. The number of alkyl halides is 3. The molecule has 5 aromatic rings. The van der Waals surface area contributed by atoms with E-state index in [1.54, 1.807) is 48.9 Å². The molecule has 0 aliphatic heterocycles. The molecule has 0 aliphatic rings. The fourth-order valence-electron chi connectivity index (χ4n) is 4.14. The van der Waals surface area contributed by atoms with Gasteiger partial charge >= 0.3 is 17.8 Å². The van der Waals surface area contributed by atoms with Gasteiger partial charge in [-0.25, -0.2) is 18.9 Å². The molecule has 0 atom stereocenters. The summed E-state index contributed by atoms with van der Waals surface area (Å²) < 4.78 is 47.3. The fraction of sp³-hybridized carbons (Fsp3) is 0.148. The van der Waals surface area contributed by atoms with Gasteiger partial charge in [0.2, 0.25) is 0 Å². The van der Waals surface area contributed by atoms with Crippen molar-refractivity contribution >= 4 is 23.2 Å². The first kappa shape index (κ1) is 26.1. The van der Waals surface area contributed by atoms with E-state index in [9.17, 15) is 22.8 Å². The van der Waals surface area contributed by atoms with E-state index < -0.39 is 30.1 Å². The first-order valence-electron chi connectivity index (χ1n) is 11.6. The number of carbonyl (C=O) groups is 1. The van der Waals surface area contributed by atoms with Gasteiger partial charge in [0, 0.05) is 36.1 Å². The number of benzene rings is 1. The van der Waals surface area contributed by atoms with Crippen LogP contribution in [0.4, 0.5) is 13.2 Å². The molecule has 198 valence electrons. The third-order valence-electron chi connectivity index (χ3n) is 5.97. The zero-order valence-electron chi connectivity index (χ0n) is 20.3. The van der Waals surface area contributed by atoms with Crippen LogP contribution < -0.4 is 5.69 Å². The van der Waals surface area contributed by atoms with Crippen molar-refractivity contribution in [2.45, 2.75) is 26.3 Å². The monoisotopic (exact) mass is 553 g/mol. The number of carbonyl (C=O) groups excluding carboxylic acids is 1. The van der Waals surface area contributed by atoms with Gasteiger partial charge in [-0.1, -0.05) is 29.8 Å². The number of hydrogen-bond donors (Lipinski definition) is 0. The van der Waals surface area contributed by atoms with Gasteiger partial charge in [0.1, 0.15) is 12.3 Å². The largest absolute Gasteiger partial charge is 0.459 e. The minimum Gasteiger partial charge on any atom is -0.459 e. The van der Waals surface area contributed by atoms with Crippen molar-refractivity contribution in [3.63, 3.8) is 0 Å². The van der Waals surface area contributed by atoms with Crippen LogP contribution in [0.2, 0.25) is 5.02 Å². The molecule has 5 rings (SSSR count). The van der Waals surface area contributed by atoms with Gasteiger partial charge in [-0.3, -0.25) is 9.78 Å². The number of halogens is 4. The first-order chi connectivity index (χ1) is 18.6. The lowest BCUT2D eigenvalue weighted by Crippen LogP contribution is -2.23. The number of nitrogens with zero attached hydrogens (tertiary/aromatic N) is 5. The van der Waals surface area contributed by atoms with Crippen LogP contribution in [0.1, 0.15) is 23.9 Å². The molecule has 0 saturated carbocycles. The van der Waals surface area contributed by atoms with Gasteiger partial charge in [0.05, 0.1) is 12.2 Å². The maximum Gasteiger partial charge on any atom is 0.433 e. The van der Waals surface area contributed by atoms with Crippen molar-refractivity contribution < 1.29 is 22.7 Å². The SMILES string of the molecule is CC(=O)OCc1nc(C(F)(F)F)ccc1Cn1nc2c(-c3ccncc3)c(-c3ccc(Cl)cc3)ccn2c1=O. The number of aromatic nitrogens is 5. The molecule has 4 aromatic heterocycles. The fourth-order valence-corrected chi connectivity index (χ4v) is 4.27. The van der Waals surface area contributed by atoms with Crippen LogP contribution >= 0.6 is 11.6 Å². The molecule has 1 aromatic carbocycles. The van der Waals surface area contributed by atoms with Crippen molar-refractivity contribution in [3.05, 3.63) is 106 Å². The first-order valence-corrected chi connectivity index (χ1v) is 12.0. The van der Waals surface area contributed by atoms with Crippen LogP contribution in [-0.2, 0) is 28.9 Å². The molecule has 0 fully saturated rings. The summed E-state index contributed by atoms with van der Waals surface area (Å²) in [5.41, 5.74) is 1.84. The van der Waals surface area contributed by atoms with Crippen LogP contribution in [0.5, 0.6) is 0 Å². The highest BCUT2D eigenvalue weighted by Crippen LogP contribution is 2.35. The molecule has 0 aliphatic carbocycles. The molecule has 39 heavy (non-hydrogen) atoms. The number of fused-ring (bicyclic) bond motifs is 1. The third kappa shape index (κ3) is 5.39. The molecule has 0 bridgehead atoms. The van der Waals surface area contributed by atoms with Crippen LogP contribution in [0.15, 0.2) is 78.0 Å². The Hall–Kier alpha value is -4.51. The summed E-state index contributed by atoms with van der Waals surface area (Å²) in [5.74, 6) is -0.679. The van der Waals surface area contributed by atoms with E-state index in [0.717, 1.165) is 34.4 Å². The molecule has 0 saturated heterocycles. The van der Waals surface area contributed by atoms with Crippen molar-refractivity contribution in [1.82, 2.24) is 24.1 Å². The number of ether oxygens (including phenoxy) is 1. The van der Waals surface area contributed by atoms with E-state index in [0.29, 0.717) is 16.2 Å². The Bertz CT molecular complexity index is 1730. The van der Waals surface area contributed by atoms with Gasteiger partial charge in [-0.2, -0.15) is 13.2 Å². The maximum absolute atomic E-state index is 13.4. The predicted octanol–water partition coefficient (Wildman–Crippen LogP) is 5.40. The second-order valence-corrected chi connectivity index (χ2v) is 9.00. The Morgan fingerprint density at radius 1 is 1.00 bits per heavy atom. The molecule has 0 radical (unpaired) electrons. The number of hydrogen-bond acceptors (Lipinski definition) is 6. The zero-order chi connectivity index (χ0) is 27.7. The molecular formula is C27H19ClF3N5O3. The molecular weight excluding hydrogens is 535 g/mol. The second kappa shape index (κ2) is 10.3. The maximum atomic E-state index is 13.4. The summed E-state index contributed by atoms with van der Waals surface area (Å²) in [6.07, 6.45) is 0.130. The Labute approximate surface area is 224 Å². The van der Waals surface area contributed by atoms with Crippen molar-refractivity contribution in [3.8, 4) is 22.3 Å². The van der Waals surface area contributed by atoms with Crippen molar-refractivity contribution in [2.24, 2.45) is 0 Å². The van der Waals surface area contributed by atoms with E-state index in [4.69, 9.17) is 16.3 Å². The van der Waals surface area contributed by atoms with Gasteiger partial charge in [0.15, 0.2) is 5.65 Å². The summed E-state index contributed by atoms with van der Waals surface area (Å²) in [5, 5.41) is 5.13. The molecule has 0 unspecified atom stereocenters. The highest BCUT2D eigenvalue weighted by Gasteiger charge is 2.33. The minimum atomic E-state index is -4.69. The van der Waals surface area contributed by atoms with Gasteiger partial charge in [-0.15, -0.1) is 5.10 Å².